The summed E-state index contributed by atoms with van der Waals surface area (Å²) in [6, 6.07) is 3.14. The third kappa shape index (κ3) is 2.94. The molecule has 1 aliphatic carbocycles. The van der Waals surface area contributed by atoms with Crippen LogP contribution in [0.15, 0.2) is 12.1 Å². The second-order valence-electron chi connectivity index (χ2n) is 8.14. The second kappa shape index (κ2) is 5.47. The molecule has 4 rings (SSSR count). The monoisotopic (exact) mass is 351 g/mol. The summed E-state index contributed by atoms with van der Waals surface area (Å²) in [4.78, 5) is 9.64. The number of hydrogen-bond acceptors (Lipinski definition) is 2. The average Bonchev–Trinajstić information content (AvgIpc) is 2.95. The Bertz CT molecular complexity index is 802. The first kappa shape index (κ1) is 16.9. The third-order valence-corrected chi connectivity index (χ3v) is 5.93. The van der Waals surface area contributed by atoms with E-state index >= 15 is 0 Å². The van der Waals surface area contributed by atoms with Gasteiger partial charge >= 0.3 is 6.18 Å². The summed E-state index contributed by atoms with van der Waals surface area (Å²) >= 11 is 0. The van der Waals surface area contributed by atoms with Gasteiger partial charge in [0.05, 0.1) is 11.1 Å². The lowest BCUT2D eigenvalue weighted by Crippen LogP contribution is -2.25. The van der Waals surface area contributed by atoms with Crippen molar-refractivity contribution in [1.82, 2.24) is 14.9 Å². The number of imidazole rings is 1. The molecule has 1 aromatic carbocycles. The molecule has 1 N–H and O–H groups in total. The van der Waals surface area contributed by atoms with E-state index in [0.717, 1.165) is 18.7 Å². The topological polar surface area (TPSA) is 31.9 Å². The van der Waals surface area contributed by atoms with Gasteiger partial charge in [0.15, 0.2) is 0 Å². The van der Waals surface area contributed by atoms with E-state index in [1.165, 1.54) is 25.3 Å². The number of aromatic amines is 1. The van der Waals surface area contributed by atoms with Gasteiger partial charge in [-0.15, -0.1) is 0 Å². The van der Waals surface area contributed by atoms with Crippen molar-refractivity contribution in [2.45, 2.75) is 58.2 Å². The molecule has 0 bridgehead atoms. The quantitative estimate of drug-likeness (QED) is 0.819. The Morgan fingerprint density at radius 2 is 1.88 bits per heavy atom. The molecule has 1 spiro atoms. The number of nitrogens with one attached hydrogen (secondary N) is 1. The summed E-state index contributed by atoms with van der Waals surface area (Å²) in [5, 5.41) is 0. The van der Waals surface area contributed by atoms with Crippen LogP contribution in [0.5, 0.6) is 0 Å². The van der Waals surface area contributed by atoms with Crippen molar-refractivity contribution in [2.75, 3.05) is 13.1 Å². The Hall–Kier alpha value is -1.56. The molecule has 136 valence electrons. The molecular formula is C19H24F3N3. The highest BCUT2D eigenvalue weighted by atomic mass is 19.4. The molecule has 1 saturated carbocycles. The maximum Gasteiger partial charge on any atom is 0.418 e. The van der Waals surface area contributed by atoms with Gasteiger partial charge in [-0.1, -0.05) is 13.8 Å². The molecule has 2 fully saturated rings. The lowest BCUT2D eigenvalue weighted by atomic mass is 10.0. The molecule has 0 unspecified atom stereocenters. The first-order valence-corrected chi connectivity index (χ1v) is 9.03. The lowest BCUT2D eigenvalue weighted by molar-refractivity contribution is -0.136. The predicted octanol–water partition coefficient (Wildman–Crippen LogP) is 5.25. The molecule has 6 heteroatoms. The van der Waals surface area contributed by atoms with E-state index in [2.05, 4.69) is 14.9 Å². The Balaban J connectivity index is 1.76. The maximum atomic E-state index is 13.6. The van der Waals surface area contributed by atoms with Crippen LogP contribution >= 0.6 is 0 Å². The van der Waals surface area contributed by atoms with Gasteiger partial charge in [0.1, 0.15) is 11.3 Å². The van der Waals surface area contributed by atoms with Crippen molar-refractivity contribution >= 4 is 11.0 Å². The zero-order valence-corrected chi connectivity index (χ0v) is 14.9. The molecule has 1 atom stereocenters. The Labute approximate surface area is 145 Å². The van der Waals surface area contributed by atoms with Crippen molar-refractivity contribution in [1.29, 1.82) is 0 Å². The molecule has 2 aromatic rings. The maximum absolute atomic E-state index is 13.6. The van der Waals surface area contributed by atoms with Gasteiger partial charge in [-0.25, -0.2) is 4.98 Å². The summed E-state index contributed by atoms with van der Waals surface area (Å²) in [5.74, 6) is 0.658. The Morgan fingerprint density at radius 3 is 2.44 bits per heavy atom. The number of nitrogens with zero attached hydrogens (tertiary/aromatic N) is 2. The van der Waals surface area contributed by atoms with Crippen LogP contribution in [0.2, 0.25) is 0 Å². The Morgan fingerprint density at radius 1 is 1.16 bits per heavy atom. The van der Waals surface area contributed by atoms with E-state index in [-0.39, 0.29) is 17.5 Å². The minimum absolute atomic E-state index is 0.0173. The first-order valence-electron chi connectivity index (χ1n) is 9.03. The van der Waals surface area contributed by atoms with Crippen LogP contribution in [-0.4, -0.2) is 28.0 Å². The Kier molecular flexibility index (Phi) is 3.69. The smallest absolute Gasteiger partial charge is 0.342 e. The van der Waals surface area contributed by atoms with Crippen molar-refractivity contribution < 1.29 is 13.2 Å². The van der Waals surface area contributed by atoms with Gasteiger partial charge in [-0.2, -0.15) is 13.2 Å². The fourth-order valence-corrected chi connectivity index (χ4v) is 3.99. The van der Waals surface area contributed by atoms with Crippen molar-refractivity contribution in [3.63, 3.8) is 0 Å². The normalized spacial score (nSPS) is 21.6. The van der Waals surface area contributed by atoms with E-state index in [9.17, 15) is 13.2 Å². The number of aromatic nitrogens is 2. The lowest BCUT2D eigenvalue weighted by Gasteiger charge is -2.25. The van der Waals surface area contributed by atoms with Crippen LogP contribution in [0.25, 0.3) is 11.0 Å². The molecule has 1 aliphatic heterocycles. The highest BCUT2D eigenvalue weighted by Gasteiger charge is 2.48. The van der Waals surface area contributed by atoms with Crippen LogP contribution in [0.1, 0.15) is 68.9 Å². The van der Waals surface area contributed by atoms with Crippen LogP contribution in [0.4, 0.5) is 13.2 Å². The number of halogens is 3. The van der Waals surface area contributed by atoms with Gasteiger partial charge in [-0.05, 0) is 55.8 Å². The number of fused-ring (bicyclic) bond motifs is 1. The van der Waals surface area contributed by atoms with E-state index < -0.39 is 11.7 Å². The zero-order chi connectivity index (χ0) is 18.0. The second-order valence-corrected chi connectivity index (χ2v) is 8.14. The fraction of sp³-hybridized carbons (Fsp3) is 0.632. The van der Waals surface area contributed by atoms with Gasteiger partial charge in [0, 0.05) is 18.5 Å². The van der Waals surface area contributed by atoms with Crippen LogP contribution in [0, 0.1) is 5.41 Å². The fourth-order valence-electron chi connectivity index (χ4n) is 3.99. The molecule has 1 saturated heterocycles. The third-order valence-electron chi connectivity index (χ3n) is 5.93. The van der Waals surface area contributed by atoms with Gasteiger partial charge in [0.25, 0.3) is 0 Å². The molecule has 2 heterocycles. The van der Waals surface area contributed by atoms with E-state index in [4.69, 9.17) is 0 Å². The SMILES string of the molecule is CC(C)c1nc2c(C(F)(F)F)cc([C@H](C)N3CCC4(CC4)C3)cc2[nH]1. The van der Waals surface area contributed by atoms with E-state index in [0.29, 0.717) is 16.8 Å². The minimum Gasteiger partial charge on any atom is -0.342 e. The number of likely N-dealkylation sites (tertiary alicyclic amines) is 1. The molecule has 2 aliphatic rings. The van der Waals surface area contributed by atoms with Crippen molar-refractivity contribution in [3.05, 3.63) is 29.1 Å². The number of benzene rings is 1. The largest absolute Gasteiger partial charge is 0.418 e. The summed E-state index contributed by atoms with van der Waals surface area (Å²) in [5.41, 5.74) is 1.07. The molecule has 0 radical (unpaired) electrons. The number of alkyl halides is 3. The van der Waals surface area contributed by atoms with Gasteiger partial charge < -0.3 is 4.98 Å². The molecule has 25 heavy (non-hydrogen) atoms. The standard InChI is InChI=1S/C19H24F3N3/c1-11(2)17-23-15-9-13(8-14(16(15)24-17)19(20,21)22)12(3)25-7-6-18(10-25)4-5-18/h8-9,11-12H,4-7,10H2,1-3H3,(H,23,24)/t12-/m0/s1. The summed E-state index contributed by atoms with van der Waals surface area (Å²) in [7, 11) is 0. The zero-order valence-electron chi connectivity index (χ0n) is 14.9. The molecule has 1 aromatic heterocycles. The first-order chi connectivity index (χ1) is 11.7. The highest BCUT2D eigenvalue weighted by molar-refractivity contribution is 5.80. The summed E-state index contributed by atoms with van der Waals surface area (Å²) in [6.07, 6.45) is -0.698. The van der Waals surface area contributed by atoms with Crippen molar-refractivity contribution in [2.24, 2.45) is 5.41 Å². The van der Waals surface area contributed by atoms with Gasteiger partial charge in [-0.3, -0.25) is 4.90 Å². The average molecular weight is 351 g/mol. The number of H-pyrrole nitrogens is 1. The van der Waals surface area contributed by atoms with Crippen molar-refractivity contribution in [3.8, 4) is 0 Å². The van der Waals surface area contributed by atoms with Crippen LogP contribution in [0.3, 0.4) is 0 Å². The predicted molar refractivity (Wildman–Crippen MR) is 91.5 cm³/mol. The summed E-state index contributed by atoms with van der Waals surface area (Å²) in [6.45, 7) is 7.85. The molecule has 0 amide bonds. The minimum atomic E-state index is -4.40. The number of hydrogen-bond donors (Lipinski definition) is 1. The molecule has 3 nitrogen and oxygen atoms in total. The van der Waals surface area contributed by atoms with Crippen LogP contribution in [-0.2, 0) is 6.18 Å². The van der Waals surface area contributed by atoms with E-state index in [1.807, 2.05) is 26.8 Å². The molecular weight excluding hydrogens is 327 g/mol. The summed E-state index contributed by atoms with van der Waals surface area (Å²) < 4.78 is 40.8. The van der Waals surface area contributed by atoms with E-state index in [1.54, 1.807) is 0 Å². The number of rotatable bonds is 3. The van der Waals surface area contributed by atoms with Gasteiger partial charge in [0.2, 0.25) is 0 Å². The van der Waals surface area contributed by atoms with Crippen LogP contribution < -0.4 is 0 Å². The highest BCUT2D eigenvalue weighted by Crippen LogP contribution is 2.54.